The highest BCUT2D eigenvalue weighted by Crippen LogP contribution is 2.54. The number of hydrogen-bond donors (Lipinski definition) is 0. The summed E-state index contributed by atoms with van der Waals surface area (Å²) in [5.41, 5.74) is 6.31. The van der Waals surface area contributed by atoms with Crippen molar-refractivity contribution in [3.63, 3.8) is 0 Å². The molecule has 3 aliphatic rings. The van der Waals surface area contributed by atoms with Gasteiger partial charge in [-0.05, 0) is 54.0 Å². The van der Waals surface area contributed by atoms with Crippen LogP contribution in [0.15, 0.2) is 5.11 Å². The molecule has 3 saturated heterocycles. The monoisotopic (exact) mass is 399 g/mol. The van der Waals surface area contributed by atoms with Crippen molar-refractivity contribution in [2.24, 2.45) is 10.5 Å². The molecule has 10 nitrogen and oxygen atoms in total. The predicted molar refractivity (Wildman–Crippen MR) is 95.9 cm³/mol. The van der Waals surface area contributed by atoms with Crippen molar-refractivity contribution >= 4 is 5.97 Å². The Hall–Kier alpha value is -1.42. The predicted octanol–water partition coefficient (Wildman–Crippen LogP) is 2.65. The van der Waals surface area contributed by atoms with Crippen LogP contribution in [0.2, 0.25) is 0 Å². The second kappa shape index (κ2) is 6.83. The first-order valence-corrected chi connectivity index (χ1v) is 9.48. The van der Waals surface area contributed by atoms with Gasteiger partial charge in [0, 0.05) is 4.91 Å². The zero-order chi connectivity index (χ0) is 21.0. The zero-order valence-electron chi connectivity index (χ0n) is 17.4. The van der Waals surface area contributed by atoms with Crippen LogP contribution in [0.4, 0.5) is 0 Å². The molecule has 28 heavy (non-hydrogen) atoms. The van der Waals surface area contributed by atoms with Crippen molar-refractivity contribution in [3.8, 4) is 0 Å². The Labute approximate surface area is 164 Å². The minimum atomic E-state index is -1.67. The number of carbonyl (C=O) groups excluding carboxylic acids is 1. The van der Waals surface area contributed by atoms with Crippen molar-refractivity contribution in [1.29, 1.82) is 0 Å². The van der Waals surface area contributed by atoms with Crippen molar-refractivity contribution in [1.82, 2.24) is 0 Å². The van der Waals surface area contributed by atoms with Crippen LogP contribution in [0.5, 0.6) is 0 Å². The summed E-state index contributed by atoms with van der Waals surface area (Å²) >= 11 is 0. The number of carbonyl (C=O) groups is 1. The summed E-state index contributed by atoms with van der Waals surface area (Å²) in [5.74, 6) is -2.29. The largest absolute Gasteiger partial charge is 0.465 e. The fourth-order valence-corrected chi connectivity index (χ4v) is 4.07. The summed E-state index contributed by atoms with van der Waals surface area (Å²) in [6.45, 7) is 12.5. The van der Waals surface area contributed by atoms with E-state index in [9.17, 15) is 10.3 Å². The molecule has 0 amide bonds. The number of esters is 1. The highest BCUT2D eigenvalue weighted by molar-refractivity contribution is 5.78. The molecule has 0 aromatic rings. The molecule has 3 rings (SSSR count). The molecule has 5 atom stereocenters. The van der Waals surface area contributed by atoms with Crippen LogP contribution in [0.3, 0.4) is 0 Å². The topological polar surface area (TPSA) is 121 Å². The average molecular weight is 399 g/mol. The number of azide groups is 1. The van der Waals surface area contributed by atoms with Crippen LogP contribution < -0.4 is 0 Å². The van der Waals surface area contributed by atoms with Gasteiger partial charge in [-0.3, -0.25) is 4.79 Å². The Balaban J connectivity index is 2.05. The normalized spacial score (nSPS) is 38.7. The van der Waals surface area contributed by atoms with E-state index in [4.69, 9.17) is 28.4 Å². The fourth-order valence-electron chi connectivity index (χ4n) is 4.07. The molecular weight excluding hydrogens is 370 g/mol. The van der Waals surface area contributed by atoms with E-state index >= 15 is 0 Å². The van der Waals surface area contributed by atoms with E-state index in [1.54, 1.807) is 48.5 Å². The van der Waals surface area contributed by atoms with Crippen LogP contribution >= 0.6 is 0 Å². The quantitative estimate of drug-likeness (QED) is 0.301. The van der Waals surface area contributed by atoms with Crippen molar-refractivity contribution in [3.05, 3.63) is 10.4 Å². The third kappa shape index (κ3) is 3.28. The smallest absolute Gasteiger partial charge is 0.314 e. The first kappa shape index (κ1) is 21.3. The van der Waals surface area contributed by atoms with Crippen LogP contribution in [-0.2, 0) is 33.2 Å². The number of ether oxygens (including phenoxy) is 6. The first-order chi connectivity index (χ1) is 12.9. The third-order valence-corrected chi connectivity index (χ3v) is 5.43. The van der Waals surface area contributed by atoms with Crippen LogP contribution in [-0.4, -0.2) is 60.9 Å². The van der Waals surface area contributed by atoms with Gasteiger partial charge in [-0.15, -0.1) is 0 Å². The van der Waals surface area contributed by atoms with Crippen molar-refractivity contribution in [2.45, 2.75) is 90.2 Å². The van der Waals surface area contributed by atoms with Gasteiger partial charge in [0.25, 0.3) is 0 Å². The Morgan fingerprint density at radius 3 is 2.36 bits per heavy atom. The molecule has 0 aliphatic carbocycles. The van der Waals surface area contributed by atoms with Gasteiger partial charge in [0.2, 0.25) is 0 Å². The molecule has 0 aromatic carbocycles. The Kier molecular flexibility index (Phi) is 5.19. The van der Waals surface area contributed by atoms with Gasteiger partial charge in [0.15, 0.2) is 17.3 Å². The Morgan fingerprint density at radius 2 is 1.82 bits per heavy atom. The van der Waals surface area contributed by atoms with Crippen LogP contribution in [0, 0.1) is 5.41 Å². The number of rotatable bonds is 5. The van der Waals surface area contributed by atoms with Crippen LogP contribution in [0.1, 0.15) is 48.5 Å². The van der Waals surface area contributed by atoms with Crippen LogP contribution in [0.25, 0.3) is 10.4 Å². The molecule has 3 fully saturated rings. The second-order valence-corrected chi connectivity index (χ2v) is 8.70. The molecule has 0 spiro atoms. The molecule has 0 saturated carbocycles. The Morgan fingerprint density at radius 1 is 1.14 bits per heavy atom. The summed E-state index contributed by atoms with van der Waals surface area (Å²) < 4.78 is 35.3. The lowest BCUT2D eigenvalue weighted by molar-refractivity contribution is -0.248. The number of nitrogens with zero attached hydrogens (tertiary/aromatic N) is 3. The highest BCUT2D eigenvalue weighted by atomic mass is 16.8. The van der Waals surface area contributed by atoms with E-state index in [0.29, 0.717) is 0 Å². The lowest BCUT2D eigenvalue weighted by Crippen LogP contribution is -2.56. The summed E-state index contributed by atoms with van der Waals surface area (Å²) in [4.78, 5) is 15.8. The maximum atomic E-state index is 12.8. The van der Waals surface area contributed by atoms with Crippen molar-refractivity contribution in [2.75, 3.05) is 13.2 Å². The highest BCUT2D eigenvalue weighted by Gasteiger charge is 2.71. The molecule has 158 valence electrons. The molecular formula is C18H29N3O7. The van der Waals surface area contributed by atoms with Crippen molar-refractivity contribution < 1.29 is 33.2 Å². The lowest BCUT2D eigenvalue weighted by Gasteiger charge is -2.41. The van der Waals surface area contributed by atoms with E-state index in [-0.39, 0.29) is 13.2 Å². The van der Waals surface area contributed by atoms with E-state index in [2.05, 4.69) is 10.0 Å². The molecule has 0 bridgehead atoms. The van der Waals surface area contributed by atoms with Gasteiger partial charge >= 0.3 is 5.97 Å². The van der Waals surface area contributed by atoms with Gasteiger partial charge in [0.1, 0.15) is 24.4 Å². The molecule has 0 unspecified atom stereocenters. The van der Waals surface area contributed by atoms with E-state index in [1.807, 2.05) is 0 Å². The maximum Gasteiger partial charge on any atom is 0.314 e. The fraction of sp³-hybridized carbons (Fsp3) is 0.944. The minimum Gasteiger partial charge on any atom is -0.465 e. The molecule has 10 heteroatoms. The summed E-state index contributed by atoms with van der Waals surface area (Å²) in [6, 6.07) is 0. The molecule has 3 aliphatic heterocycles. The summed E-state index contributed by atoms with van der Waals surface area (Å²) in [7, 11) is 0. The number of hydrogen-bond acceptors (Lipinski definition) is 8. The SMILES string of the molecule is CCOC(=O)C(C)(C)[C@]1(N=[N+]=[N-])O[C@H]([C@H]2COC(C)(C)O2)[C@@H]2OC(C)(C)O[C@@H]21. The first-order valence-electron chi connectivity index (χ1n) is 9.48. The average Bonchev–Trinajstić information content (AvgIpc) is 3.18. The third-order valence-electron chi connectivity index (χ3n) is 5.43. The second-order valence-electron chi connectivity index (χ2n) is 8.70. The Bertz CT molecular complexity index is 689. The molecule has 0 N–H and O–H groups in total. The van der Waals surface area contributed by atoms with E-state index < -0.39 is 53.1 Å². The van der Waals surface area contributed by atoms with Gasteiger partial charge in [-0.1, -0.05) is 5.11 Å². The summed E-state index contributed by atoms with van der Waals surface area (Å²) in [6.07, 6.45) is -2.58. The standard InChI is InChI=1S/C18H29N3O7/c1-8-23-14(22)15(2,3)18(20-21-19)13-12(26-17(6,7)28-13)11(27-18)10-9-24-16(4,5)25-10/h10-13H,8-9H2,1-7H3/t10-,11-,12+,13+,18-/m1/s1. The van der Waals surface area contributed by atoms with Gasteiger partial charge in [-0.25, -0.2) is 0 Å². The molecule has 0 aromatic heterocycles. The molecule has 0 radical (unpaired) electrons. The molecule has 3 heterocycles. The minimum absolute atomic E-state index is 0.183. The van der Waals surface area contributed by atoms with Gasteiger partial charge in [0.05, 0.1) is 18.6 Å². The zero-order valence-corrected chi connectivity index (χ0v) is 17.4. The number of fused-ring (bicyclic) bond motifs is 1. The van der Waals surface area contributed by atoms with E-state index in [0.717, 1.165) is 0 Å². The van der Waals surface area contributed by atoms with E-state index in [1.165, 1.54) is 0 Å². The lowest BCUT2D eigenvalue weighted by atomic mass is 9.77. The van der Waals surface area contributed by atoms with Gasteiger partial charge in [-0.2, -0.15) is 0 Å². The summed E-state index contributed by atoms with van der Waals surface area (Å²) in [5, 5.41) is 3.95. The maximum absolute atomic E-state index is 12.8. The van der Waals surface area contributed by atoms with Gasteiger partial charge < -0.3 is 28.4 Å².